The summed E-state index contributed by atoms with van der Waals surface area (Å²) < 4.78 is 10.2. The first-order valence-electron chi connectivity index (χ1n) is 8.88. The number of ether oxygens (including phenoxy) is 1. The molecule has 154 valence electrons. The number of benzene rings is 1. The second-order valence-corrected chi connectivity index (χ2v) is 5.84. The summed E-state index contributed by atoms with van der Waals surface area (Å²) in [6.07, 6.45) is 2.89. The van der Waals surface area contributed by atoms with Gasteiger partial charge in [0.1, 0.15) is 18.1 Å². The number of hydrogen-bond donors (Lipinski definition) is 4. The van der Waals surface area contributed by atoms with Crippen molar-refractivity contribution in [3.63, 3.8) is 0 Å². The Balaban J connectivity index is 1.92. The van der Waals surface area contributed by atoms with E-state index in [1.807, 2.05) is 0 Å². The highest BCUT2D eigenvalue weighted by Crippen LogP contribution is 2.10. The Morgan fingerprint density at radius 1 is 1.28 bits per heavy atom. The predicted octanol–water partition coefficient (Wildman–Crippen LogP) is 0.614. The predicted molar refractivity (Wildman–Crippen MR) is 106 cm³/mol. The number of rotatable bonds is 10. The molecule has 1 unspecified atom stereocenters. The van der Waals surface area contributed by atoms with Crippen LogP contribution >= 0.6 is 0 Å². The average molecular weight is 401 g/mol. The van der Waals surface area contributed by atoms with Crippen molar-refractivity contribution in [3.05, 3.63) is 54.0 Å². The molecule has 0 spiro atoms. The van der Waals surface area contributed by atoms with Crippen molar-refractivity contribution in [1.29, 1.82) is 0 Å². The second kappa shape index (κ2) is 11.1. The van der Waals surface area contributed by atoms with E-state index in [0.29, 0.717) is 17.0 Å². The van der Waals surface area contributed by atoms with E-state index in [-0.39, 0.29) is 19.6 Å². The van der Waals surface area contributed by atoms with Crippen LogP contribution in [0.1, 0.15) is 23.0 Å². The van der Waals surface area contributed by atoms with E-state index in [2.05, 4.69) is 21.1 Å². The van der Waals surface area contributed by atoms with Crippen LogP contribution in [0.2, 0.25) is 0 Å². The Labute approximate surface area is 167 Å². The number of hydrazone groups is 1. The fraction of sp³-hybridized carbons (Fsp3) is 0.263. The fourth-order valence-electron chi connectivity index (χ4n) is 2.44. The highest BCUT2D eigenvalue weighted by Gasteiger charge is 2.23. The largest absolute Gasteiger partial charge is 0.469 e. The summed E-state index contributed by atoms with van der Waals surface area (Å²) in [5.74, 6) is 3.98. The molecule has 0 aliphatic carbocycles. The molecular weight excluding hydrogens is 378 g/mol. The monoisotopic (exact) mass is 401 g/mol. The lowest BCUT2D eigenvalue weighted by Crippen LogP contribution is -2.47. The van der Waals surface area contributed by atoms with Gasteiger partial charge >= 0.3 is 5.97 Å². The smallest absolute Gasteiger partial charge is 0.329 e. The molecule has 0 aliphatic heterocycles. The Morgan fingerprint density at radius 2 is 2.10 bits per heavy atom. The number of esters is 1. The van der Waals surface area contributed by atoms with Crippen LogP contribution in [0.3, 0.4) is 0 Å². The molecule has 0 radical (unpaired) electrons. The molecule has 2 amide bonds. The van der Waals surface area contributed by atoms with Gasteiger partial charge in [0.05, 0.1) is 19.4 Å². The lowest BCUT2D eigenvalue weighted by Gasteiger charge is -2.16. The number of furan rings is 1. The van der Waals surface area contributed by atoms with Crippen molar-refractivity contribution < 1.29 is 23.5 Å². The van der Waals surface area contributed by atoms with Gasteiger partial charge in [0.2, 0.25) is 5.91 Å². The van der Waals surface area contributed by atoms with Crippen LogP contribution in [0.5, 0.6) is 0 Å². The third-order valence-corrected chi connectivity index (χ3v) is 3.73. The van der Waals surface area contributed by atoms with Gasteiger partial charge in [-0.05, 0) is 37.3 Å². The molecule has 0 saturated heterocycles. The molecule has 0 fully saturated rings. The van der Waals surface area contributed by atoms with Crippen molar-refractivity contribution in [2.45, 2.75) is 19.4 Å². The molecule has 1 aromatic carbocycles. The first-order chi connectivity index (χ1) is 14.0. The SMILES string of the molecule is CCOC(=O)C(Cc1ccco1)NC(=O)CNC(=O)c1cccc(NC=NN)c1. The molecular formula is C19H23N5O5. The second-order valence-electron chi connectivity index (χ2n) is 5.84. The number of anilines is 1. The quantitative estimate of drug-likeness (QED) is 0.150. The highest BCUT2D eigenvalue weighted by molar-refractivity contribution is 5.98. The zero-order valence-corrected chi connectivity index (χ0v) is 15.9. The number of amides is 2. The number of nitrogens with zero attached hydrogens (tertiary/aromatic N) is 1. The van der Waals surface area contributed by atoms with Gasteiger partial charge in [0.15, 0.2) is 0 Å². The van der Waals surface area contributed by atoms with Crippen LogP contribution in [0.25, 0.3) is 0 Å². The number of hydrogen-bond acceptors (Lipinski definition) is 7. The topological polar surface area (TPSA) is 148 Å². The van der Waals surface area contributed by atoms with Crippen molar-refractivity contribution >= 4 is 29.8 Å². The van der Waals surface area contributed by atoms with Crippen LogP contribution in [-0.4, -0.2) is 43.3 Å². The lowest BCUT2D eigenvalue weighted by atomic mass is 10.1. The molecule has 0 saturated carbocycles. The van der Waals surface area contributed by atoms with Gasteiger partial charge in [-0.3, -0.25) is 9.59 Å². The summed E-state index contributed by atoms with van der Waals surface area (Å²) in [4.78, 5) is 36.6. The number of carbonyl (C=O) groups is 3. The molecule has 1 aromatic heterocycles. The molecule has 0 aliphatic rings. The maximum Gasteiger partial charge on any atom is 0.329 e. The summed E-state index contributed by atoms with van der Waals surface area (Å²) in [7, 11) is 0. The van der Waals surface area contributed by atoms with Crippen LogP contribution in [-0.2, 0) is 20.7 Å². The normalized spacial score (nSPS) is 11.6. The van der Waals surface area contributed by atoms with Crippen molar-refractivity contribution in [2.75, 3.05) is 18.5 Å². The van der Waals surface area contributed by atoms with Gasteiger partial charge in [0, 0.05) is 17.7 Å². The van der Waals surface area contributed by atoms with Crippen molar-refractivity contribution in [3.8, 4) is 0 Å². The van der Waals surface area contributed by atoms with Crippen LogP contribution in [0, 0.1) is 0 Å². The van der Waals surface area contributed by atoms with Crippen LogP contribution in [0.15, 0.2) is 52.2 Å². The van der Waals surface area contributed by atoms with Gasteiger partial charge in [-0.25, -0.2) is 4.79 Å². The van der Waals surface area contributed by atoms with Crippen molar-refractivity contribution in [2.24, 2.45) is 10.9 Å². The summed E-state index contributed by atoms with van der Waals surface area (Å²) in [5.41, 5.74) is 0.947. The van der Waals surface area contributed by atoms with E-state index in [0.717, 1.165) is 0 Å². The minimum Gasteiger partial charge on any atom is -0.469 e. The molecule has 1 heterocycles. The van der Waals surface area contributed by atoms with Crippen LogP contribution < -0.4 is 21.8 Å². The van der Waals surface area contributed by atoms with E-state index in [1.165, 1.54) is 12.6 Å². The average Bonchev–Trinajstić information content (AvgIpc) is 3.23. The molecule has 2 rings (SSSR count). The zero-order chi connectivity index (χ0) is 21.1. The maximum absolute atomic E-state index is 12.3. The lowest BCUT2D eigenvalue weighted by molar-refractivity contribution is -0.147. The zero-order valence-electron chi connectivity index (χ0n) is 15.9. The van der Waals surface area contributed by atoms with E-state index < -0.39 is 23.8 Å². The summed E-state index contributed by atoms with van der Waals surface area (Å²) in [6, 6.07) is 9.02. The molecule has 2 aromatic rings. The number of carbonyl (C=O) groups excluding carboxylic acids is 3. The van der Waals surface area contributed by atoms with Gasteiger partial charge in [0.25, 0.3) is 5.91 Å². The Hall–Kier alpha value is -3.82. The Kier molecular flexibility index (Phi) is 8.24. The fourth-order valence-corrected chi connectivity index (χ4v) is 2.44. The third-order valence-electron chi connectivity index (χ3n) is 3.73. The standard InChI is InChI=1S/C19H23N5O5/c1-2-28-19(27)16(10-15-7-4-8-29-15)24-17(25)11-21-18(26)13-5-3-6-14(9-13)22-12-23-20/h3-9,12,16H,2,10-11,20H2,1H3,(H,21,26)(H,22,23)(H,24,25). The Morgan fingerprint density at radius 3 is 2.79 bits per heavy atom. The van der Waals surface area contributed by atoms with Gasteiger partial charge < -0.3 is 30.9 Å². The maximum atomic E-state index is 12.3. The number of nitrogens with two attached hydrogens (primary N) is 1. The van der Waals surface area contributed by atoms with Crippen LogP contribution in [0.4, 0.5) is 5.69 Å². The number of nitrogens with one attached hydrogen (secondary N) is 3. The molecule has 29 heavy (non-hydrogen) atoms. The minimum absolute atomic E-state index is 0.141. The molecule has 0 bridgehead atoms. The molecule has 1 atom stereocenters. The van der Waals surface area contributed by atoms with Crippen molar-refractivity contribution in [1.82, 2.24) is 10.6 Å². The highest BCUT2D eigenvalue weighted by atomic mass is 16.5. The van der Waals surface area contributed by atoms with E-state index in [9.17, 15) is 14.4 Å². The minimum atomic E-state index is -0.923. The van der Waals surface area contributed by atoms with Gasteiger partial charge in [-0.1, -0.05) is 6.07 Å². The van der Waals surface area contributed by atoms with Gasteiger partial charge in [-0.2, -0.15) is 5.10 Å². The summed E-state index contributed by atoms with van der Waals surface area (Å²) in [6.45, 7) is 1.54. The summed E-state index contributed by atoms with van der Waals surface area (Å²) >= 11 is 0. The first kappa shape index (κ1) is 21.5. The first-order valence-corrected chi connectivity index (χ1v) is 8.88. The van der Waals surface area contributed by atoms with E-state index >= 15 is 0 Å². The molecule has 10 heteroatoms. The van der Waals surface area contributed by atoms with Gasteiger partial charge in [-0.15, -0.1) is 0 Å². The molecule has 5 N–H and O–H groups in total. The van der Waals surface area contributed by atoms with E-state index in [4.69, 9.17) is 15.0 Å². The Bertz CT molecular complexity index is 850. The molecule has 10 nitrogen and oxygen atoms in total. The van der Waals surface area contributed by atoms with E-state index in [1.54, 1.807) is 43.3 Å². The summed E-state index contributed by atoms with van der Waals surface area (Å²) in [5, 5.41) is 11.2. The third kappa shape index (κ3) is 7.01.